The van der Waals surface area contributed by atoms with Gasteiger partial charge >= 0.3 is 0 Å². The van der Waals surface area contributed by atoms with Gasteiger partial charge in [-0.15, -0.1) is 12.4 Å². The molecule has 0 amide bonds. The third kappa shape index (κ3) is 4.42. The van der Waals surface area contributed by atoms with Crippen LogP contribution in [-0.2, 0) is 0 Å². The minimum atomic E-state index is -0.859. The fourth-order valence-electron chi connectivity index (χ4n) is 2.08. The monoisotopic (exact) mass is 277 g/mol. The van der Waals surface area contributed by atoms with E-state index in [0.29, 0.717) is 18.3 Å². The second-order valence-electron chi connectivity index (χ2n) is 4.43. The molecular formula is C13H18ClF2NO. The summed E-state index contributed by atoms with van der Waals surface area (Å²) < 4.78 is 31.0. The third-order valence-corrected chi connectivity index (χ3v) is 3.08. The molecule has 1 unspecified atom stereocenters. The zero-order valence-corrected chi connectivity index (χ0v) is 10.9. The minimum Gasteiger partial charge on any atom is -0.493 e. The summed E-state index contributed by atoms with van der Waals surface area (Å²) in [6.45, 7) is 2.68. The zero-order valence-electron chi connectivity index (χ0n) is 10.1. The van der Waals surface area contributed by atoms with Gasteiger partial charge in [-0.3, -0.25) is 0 Å². The quantitative estimate of drug-likeness (QED) is 0.913. The highest BCUT2D eigenvalue weighted by Gasteiger charge is 2.12. The number of rotatable bonds is 4. The van der Waals surface area contributed by atoms with Crippen LogP contribution in [0.25, 0.3) is 0 Å². The molecule has 1 aromatic carbocycles. The Balaban J connectivity index is 0.00000162. The number of benzene rings is 1. The summed E-state index contributed by atoms with van der Waals surface area (Å²) in [4.78, 5) is 0. The van der Waals surface area contributed by atoms with Crippen LogP contribution in [0.1, 0.15) is 19.3 Å². The number of ether oxygens (including phenoxy) is 1. The lowest BCUT2D eigenvalue weighted by molar-refractivity contribution is 0.253. The van der Waals surface area contributed by atoms with Crippen LogP contribution in [0.15, 0.2) is 18.2 Å². The molecular weight excluding hydrogens is 260 g/mol. The van der Waals surface area contributed by atoms with E-state index in [9.17, 15) is 8.78 Å². The van der Waals surface area contributed by atoms with Crippen molar-refractivity contribution in [3.63, 3.8) is 0 Å². The highest BCUT2D eigenvalue weighted by molar-refractivity contribution is 5.85. The Morgan fingerprint density at radius 3 is 2.78 bits per heavy atom. The molecule has 18 heavy (non-hydrogen) atoms. The van der Waals surface area contributed by atoms with Crippen molar-refractivity contribution >= 4 is 12.4 Å². The van der Waals surface area contributed by atoms with E-state index >= 15 is 0 Å². The summed E-state index contributed by atoms with van der Waals surface area (Å²) in [5.74, 6) is -0.669. The second-order valence-corrected chi connectivity index (χ2v) is 4.43. The molecule has 1 fully saturated rings. The molecule has 0 aliphatic carbocycles. The van der Waals surface area contributed by atoms with Crippen molar-refractivity contribution in [1.29, 1.82) is 0 Å². The highest BCUT2D eigenvalue weighted by atomic mass is 35.5. The SMILES string of the molecule is Cl.Fc1ccc(OCCC2CCCNC2)cc1F. The molecule has 0 radical (unpaired) electrons. The zero-order chi connectivity index (χ0) is 12.1. The normalized spacial score (nSPS) is 19.1. The maximum Gasteiger partial charge on any atom is 0.162 e. The molecule has 1 atom stereocenters. The molecule has 1 aliphatic rings. The maximum absolute atomic E-state index is 12.9. The van der Waals surface area contributed by atoms with Crippen molar-refractivity contribution in [3.05, 3.63) is 29.8 Å². The molecule has 1 N–H and O–H groups in total. The molecule has 0 aromatic heterocycles. The third-order valence-electron chi connectivity index (χ3n) is 3.08. The van der Waals surface area contributed by atoms with Gasteiger partial charge in [-0.1, -0.05) is 0 Å². The van der Waals surface area contributed by atoms with Crippen LogP contribution in [0.2, 0.25) is 0 Å². The second kappa shape index (κ2) is 7.54. The first-order valence-corrected chi connectivity index (χ1v) is 6.04. The first-order chi connectivity index (χ1) is 8.25. The van der Waals surface area contributed by atoms with Gasteiger partial charge in [-0.25, -0.2) is 8.78 Å². The first kappa shape index (κ1) is 15.2. The first-order valence-electron chi connectivity index (χ1n) is 6.04. The van der Waals surface area contributed by atoms with Crippen molar-refractivity contribution in [2.24, 2.45) is 5.92 Å². The molecule has 1 aliphatic heterocycles. The lowest BCUT2D eigenvalue weighted by Gasteiger charge is -2.22. The molecule has 2 rings (SSSR count). The summed E-state index contributed by atoms with van der Waals surface area (Å²) in [5.41, 5.74) is 0. The van der Waals surface area contributed by atoms with E-state index in [4.69, 9.17) is 4.74 Å². The van der Waals surface area contributed by atoms with Crippen LogP contribution in [0.4, 0.5) is 8.78 Å². The van der Waals surface area contributed by atoms with Gasteiger partial charge in [0, 0.05) is 6.07 Å². The maximum atomic E-state index is 12.9. The summed E-state index contributed by atoms with van der Waals surface area (Å²) in [7, 11) is 0. The van der Waals surface area contributed by atoms with Crippen LogP contribution in [0.3, 0.4) is 0 Å². The Morgan fingerprint density at radius 2 is 2.11 bits per heavy atom. The van der Waals surface area contributed by atoms with Crippen LogP contribution in [0.5, 0.6) is 5.75 Å². The van der Waals surface area contributed by atoms with Gasteiger partial charge < -0.3 is 10.1 Å². The molecule has 1 heterocycles. The van der Waals surface area contributed by atoms with Gasteiger partial charge in [0.15, 0.2) is 11.6 Å². The minimum absolute atomic E-state index is 0. The predicted molar refractivity (Wildman–Crippen MR) is 69.3 cm³/mol. The Morgan fingerprint density at radius 1 is 1.28 bits per heavy atom. The van der Waals surface area contributed by atoms with Crippen molar-refractivity contribution in [2.45, 2.75) is 19.3 Å². The predicted octanol–water partition coefficient (Wildman–Crippen LogP) is 3.16. The van der Waals surface area contributed by atoms with Gasteiger partial charge in [0.05, 0.1) is 6.61 Å². The number of halogens is 3. The molecule has 2 nitrogen and oxygen atoms in total. The molecule has 1 aromatic rings. The average molecular weight is 278 g/mol. The van der Waals surface area contributed by atoms with E-state index in [1.165, 1.54) is 18.9 Å². The van der Waals surface area contributed by atoms with Crippen LogP contribution < -0.4 is 10.1 Å². The number of hydrogen-bond donors (Lipinski definition) is 1. The van der Waals surface area contributed by atoms with Crippen molar-refractivity contribution in [3.8, 4) is 5.75 Å². The van der Waals surface area contributed by atoms with Crippen molar-refractivity contribution in [2.75, 3.05) is 19.7 Å². The lowest BCUT2D eigenvalue weighted by atomic mass is 9.97. The van der Waals surface area contributed by atoms with Gasteiger partial charge in [0.1, 0.15) is 5.75 Å². The molecule has 0 bridgehead atoms. The van der Waals surface area contributed by atoms with E-state index in [2.05, 4.69) is 5.32 Å². The molecule has 5 heteroatoms. The number of piperidine rings is 1. The van der Waals surface area contributed by atoms with Crippen molar-refractivity contribution in [1.82, 2.24) is 5.32 Å². The molecule has 0 spiro atoms. The summed E-state index contributed by atoms with van der Waals surface area (Å²) in [6.07, 6.45) is 3.37. The molecule has 1 saturated heterocycles. The van der Waals surface area contributed by atoms with Gasteiger partial charge in [-0.05, 0) is 50.4 Å². The van der Waals surface area contributed by atoms with E-state index in [1.807, 2.05) is 0 Å². The molecule has 102 valence electrons. The highest BCUT2D eigenvalue weighted by Crippen LogP contribution is 2.18. The van der Waals surface area contributed by atoms with Crippen LogP contribution in [-0.4, -0.2) is 19.7 Å². The van der Waals surface area contributed by atoms with E-state index in [0.717, 1.165) is 31.6 Å². The number of nitrogens with one attached hydrogen (secondary N) is 1. The fourth-order valence-corrected chi connectivity index (χ4v) is 2.08. The summed E-state index contributed by atoms with van der Waals surface area (Å²) in [5, 5.41) is 3.33. The van der Waals surface area contributed by atoms with Gasteiger partial charge in [0.25, 0.3) is 0 Å². The fraction of sp³-hybridized carbons (Fsp3) is 0.538. The summed E-state index contributed by atoms with van der Waals surface area (Å²) >= 11 is 0. The average Bonchev–Trinajstić information content (AvgIpc) is 2.35. The van der Waals surface area contributed by atoms with Crippen LogP contribution in [0, 0.1) is 17.6 Å². The number of hydrogen-bond acceptors (Lipinski definition) is 2. The Hall–Kier alpha value is -0.870. The standard InChI is InChI=1S/C13H17F2NO.ClH/c14-12-4-3-11(8-13(12)15)17-7-5-10-2-1-6-16-9-10;/h3-4,8,10,16H,1-2,5-7,9H2;1H. The molecule has 0 saturated carbocycles. The largest absolute Gasteiger partial charge is 0.493 e. The van der Waals surface area contributed by atoms with E-state index in [1.54, 1.807) is 0 Å². The Kier molecular flexibility index (Phi) is 6.36. The Labute approximate surface area is 112 Å². The van der Waals surface area contributed by atoms with Crippen LogP contribution >= 0.6 is 12.4 Å². The Bertz CT molecular complexity index is 370. The van der Waals surface area contributed by atoms with Gasteiger partial charge in [0.2, 0.25) is 0 Å². The van der Waals surface area contributed by atoms with Crippen molar-refractivity contribution < 1.29 is 13.5 Å². The van der Waals surface area contributed by atoms with E-state index < -0.39 is 11.6 Å². The topological polar surface area (TPSA) is 21.3 Å². The van der Waals surface area contributed by atoms with E-state index in [-0.39, 0.29) is 12.4 Å². The smallest absolute Gasteiger partial charge is 0.162 e. The lowest BCUT2D eigenvalue weighted by Crippen LogP contribution is -2.30. The van der Waals surface area contributed by atoms with Gasteiger partial charge in [-0.2, -0.15) is 0 Å². The summed E-state index contributed by atoms with van der Waals surface area (Å²) in [6, 6.07) is 3.64.